The van der Waals surface area contributed by atoms with Crippen molar-refractivity contribution in [2.45, 2.75) is 25.2 Å². The van der Waals surface area contributed by atoms with Gasteiger partial charge < -0.3 is 5.43 Å². The largest absolute Gasteiger partial charge is 0.323 e. The van der Waals surface area contributed by atoms with Crippen LogP contribution in [-0.2, 0) is 10.0 Å². The second-order valence-electron chi connectivity index (χ2n) is 4.57. The Morgan fingerprint density at radius 2 is 2.10 bits per heavy atom. The molecule has 8 nitrogen and oxygen atoms in total. The number of nitrogens with one attached hydrogen (secondary N) is 2. The summed E-state index contributed by atoms with van der Waals surface area (Å²) in [5.74, 6) is 3.96. The summed E-state index contributed by atoms with van der Waals surface area (Å²) in [6.45, 7) is 3.84. The van der Waals surface area contributed by atoms with Crippen molar-refractivity contribution in [1.82, 2.24) is 4.72 Å². The van der Waals surface area contributed by atoms with Gasteiger partial charge in [0.1, 0.15) is 4.90 Å². The summed E-state index contributed by atoms with van der Waals surface area (Å²) >= 11 is 0. The number of anilines is 1. The van der Waals surface area contributed by atoms with Crippen LogP contribution in [0.4, 0.5) is 15.8 Å². The van der Waals surface area contributed by atoms with E-state index in [0.717, 1.165) is 12.5 Å². The van der Waals surface area contributed by atoms with Crippen molar-refractivity contribution >= 4 is 21.4 Å². The van der Waals surface area contributed by atoms with Crippen LogP contribution in [0.2, 0.25) is 0 Å². The van der Waals surface area contributed by atoms with Crippen LogP contribution in [0.3, 0.4) is 0 Å². The smallest absolute Gasteiger partial charge is 0.274 e. The lowest BCUT2D eigenvalue weighted by Gasteiger charge is -2.14. The van der Waals surface area contributed by atoms with Crippen molar-refractivity contribution in [2.75, 3.05) is 12.0 Å². The molecule has 0 bridgehead atoms. The second kappa shape index (κ2) is 6.78. The number of hydrogen-bond donors (Lipinski definition) is 3. The van der Waals surface area contributed by atoms with Gasteiger partial charge in [0.05, 0.1) is 16.7 Å². The average molecular weight is 320 g/mol. The van der Waals surface area contributed by atoms with Gasteiger partial charge in [0.2, 0.25) is 10.0 Å². The number of non-ortho nitro benzene ring substituents is 1. The number of nitrogens with zero attached hydrogens (tertiary/aromatic N) is 1. The van der Waals surface area contributed by atoms with E-state index in [4.69, 9.17) is 5.84 Å². The molecule has 0 fully saturated rings. The maximum Gasteiger partial charge on any atom is 0.274 e. The van der Waals surface area contributed by atoms with E-state index in [9.17, 15) is 22.9 Å². The predicted octanol–water partition coefficient (Wildman–Crippen LogP) is 1.34. The van der Waals surface area contributed by atoms with Crippen LogP contribution in [0, 0.1) is 21.8 Å². The normalized spacial score (nSPS) is 13.0. The minimum absolute atomic E-state index is 0.0650. The van der Waals surface area contributed by atoms with E-state index in [1.165, 1.54) is 0 Å². The number of nitrogen functional groups attached to an aromatic ring is 1. The Bertz CT molecular complexity index is 635. The molecule has 0 heterocycles. The first-order valence-electron chi connectivity index (χ1n) is 6.17. The van der Waals surface area contributed by atoms with E-state index in [0.29, 0.717) is 6.07 Å². The van der Waals surface area contributed by atoms with Crippen LogP contribution < -0.4 is 16.0 Å². The molecule has 0 aromatic heterocycles. The average Bonchev–Trinajstić information content (AvgIpc) is 2.43. The number of nitro groups is 1. The molecule has 1 unspecified atom stereocenters. The Morgan fingerprint density at radius 3 is 2.57 bits per heavy atom. The Morgan fingerprint density at radius 1 is 1.48 bits per heavy atom. The summed E-state index contributed by atoms with van der Waals surface area (Å²) in [7, 11) is -4.17. The first-order chi connectivity index (χ1) is 9.72. The summed E-state index contributed by atoms with van der Waals surface area (Å²) < 4.78 is 40.4. The van der Waals surface area contributed by atoms with Crippen molar-refractivity contribution < 1.29 is 17.7 Å². The summed E-state index contributed by atoms with van der Waals surface area (Å²) in [5.41, 5.74) is 1.00. The molecule has 0 aliphatic rings. The molecule has 118 valence electrons. The van der Waals surface area contributed by atoms with Crippen LogP contribution in [0.15, 0.2) is 17.0 Å². The third kappa shape index (κ3) is 4.09. The van der Waals surface area contributed by atoms with Gasteiger partial charge in [0, 0.05) is 12.6 Å². The molecule has 0 aliphatic carbocycles. The highest BCUT2D eigenvalue weighted by atomic mass is 32.2. The molecule has 1 aromatic carbocycles. The maximum atomic E-state index is 13.9. The zero-order valence-corrected chi connectivity index (χ0v) is 12.4. The van der Waals surface area contributed by atoms with Crippen LogP contribution in [0.1, 0.15) is 20.3 Å². The highest BCUT2D eigenvalue weighted by molar-refractivity contribution is 7.89. The van der Waals surface area contributed by atoms with Gasteiger partial charge in [-0.25, -0.2) is 17.5 Å². The first kappa shape index (κ1) is 17.3. The summed E-state index contributed by atoms with van der Waals surface area (Å²) in [5, 5.41) is 10.6. The molecule has 0 spiro atoms. The monoisotopic (exact) mass is 320 g/mol. The van der Waals surface area contributed by atoms with Crippen LogP contribution in [-0.4, -0.2) is 19.9 Å². The number of hydrazine groups is 1. The van der Waals surface area contributed by atoms with Gasteiger partial charge in [-0.2, -0.15) is 0 Å². The Hall–Kier alpha value is -1.78. The van der Waals surface area contributed by atoms with Crippen molar-refractivity contribution in [1.29, 1.82) is 0 Å². The fraction of sp³-hybridized carbons (Fsp3) is 0.455. The van der Waals surface area contributed by atoms with Gasteiger partial charge in [0.15, 0.2) is 5.82 Å². The first-order valence-corrected chi connectivity index (χ1v) is 7.65. The zero-order valence-electron chi connectivity index (χ0n) is 11.6. The molecule has 10 heteroatoms. The number of rotatable bonds is 7. The Balaban J connectivity index is 3.25. The number of hydrogen-bond acceptors (Lipinski definition) is 6. The second-order valence-corrected chi connectivity index (χ2v) is 6.27. The van der Waals surface area contributed by atoms with E-state index in [-0.39, 0.29) is 18.2 Å². The molecule has 21 heavy (non-hydrogen) atoms. The Labute approximate surface area is 121 Å². The lowest BCUT2D eigenvalue weighted by atomic mass is 10.1. The fourth-order valence-corrected chi connectivity index (χ4v) is 2.90. The highest BCUT2D eigenvalue weighted by Crippen LogP contribution is 2.29. The summed E-state index contributed by atoms with van der Waals surface area (Å²) in [6.07, 6.45) is 0.743. The van der Waals surface area contributed by atoms with Crippen LogP contribution in [0.25, 0.3) is 0 Å². The van der Waals surface area contributed by atoms with Crippen LogP contribution in [0.5, 0.6) is 0 Å². The molecule has 0 aliphatic heterocycles. The Kier molecular flexibility index (Phi) is 5.58. The molecule has 0 amide bonds. The van der Waals surface area contributed by atoms with Crippen molar-refractivity contribution in [2.24, 2.45) is 11.8 Å². The lowest BCUT2D eigenvalue weighted by molar-refractivity contribution is -0.385. The molecule has 0 saturated heterocycles. The van der Waals surface area contributed by atoms with Gasteiger partial charge in [-0.1, -0.05) is 20.3 Å². The van der Waals surface area contributed by atoms with E-state index >= 15 is 0 Å². The standard InChI is InChI=1S/C11H17FN4O4S/c1-3-7(2)6-14-21(19,20)11-9(12)4-8(16(17)18)5-10(11)15-13/h4-5,7,14-15H,3,6,13H2,1-2H3. The number of sulfonamides is 1. The quantitative estimate of drug-likeness (QED) is 0.395. The minimum Gasteiger partial charge on any atom is -0.323 e. The van der Waals surface area contributed by atoms with Gasteiger partial charge >= 0.3 is 0 Å². The minimum atomic E-state index is -4.17. The topological polar surface area (TPSA) is 127 Å². The fourth-order valence-electron chi connectivity index (χ4n) is 1.53. The third-order valence-electron chi connectivity index (χ3n) is 2.98. The lowest BCUT2D eigenvalue weighted by Crippen LogP contribution is -2.30. The molecule has 0 radical (unpaired) electrons. The molecule has 1 aromatic rings. The van der Waals surface area contributed by atoms with Crippen molar-refractivity contribution in [3.05, 3.63) is 28.1 Å². The number of benzene rings is 1. The van der Waals surface area contributed by atoms with Crippen molar-refractivity contribution in [3.8, 4) is 0 Å². The molecule has 4 N–H and O–H groups in total. The summed E-state index contributed by atoms with van der Waals surface area (Å²) in [6, 6.07) is 1.40. The van der Waals surface area contributed by atoms with E-state index in [1.807, 2.05) is 19.3 Å². The number of nitrogens with two attached hydrogens (primary N) is 1. The highest BCUT2D eigenvalue weighted by Gasteiger charge is 2.26. The van der Waals surface area contributed by atoms with Gasteiger partial charge in [0.25, 0.3) is 5.69 Å². The summed E-state index contributed by atoms with van der Waals surface area (Å²) in [4.78, 5) is 9.06. The van der Waals surface area contributed by atoms with E-state index < -0.39 is 31.3 Å². The molecule has 0 saturated carbocycles. The van der Waals surface area contributed by atoms with Gasteiger partial charge in [-0.3, -0.25) is 16.0 Å². The molecular formula is C11H17FN4O4S. The number of halogens is 1. The van der Waals surface area contributed by atoms with Gasteiger partial charge in [-0.15, -0.1) is 0 Å². The SMILES string of the molecule is CCC(C)CNS(=O)(=O)c1c(F)cc([N+](=O)[O-])cc1NN. The molecule has 1 rings (SSSR count). The van der Waals surface area contributed by atoms with Gasteiger partial charge in [-0.05, 0) is 5.92 Å². The van der Waals surface area contributed by atoms with E-state index in [1.54, 1.807) is 0 Å². The third-order valence-corrected chi connectivity index (χ3v) is 4.48. The predicted molar refractivity (Wildman–Crippen MR) is 75.5 cm³/mol. The molecule has 1 atom stereocenters. The zero-order chi connectivity index (χ0) is 16.2. The molecular weight excluding hydrogens is 303 g/mol. The number of nitro benzene ring substituents is 1. The maximum absolute atomic E-state index is 13.9. The van der Waals surface area contributed by atoms with E-state index in [2.05, 4.69) is 4.72 Å². The van der Waals surface area contributed by atoms with Crippen molar-refractivity contribution in [3.63, 3.8) is 0 Å². The van der Waals surface area contributed by atoms with Crippen LogP contribution >= 0.6 is 0 Å².